The van der Waals surface area contributed by atoms with Crippen LogP contribution in [0.15, 0.2) is 47.5 Å². The van der Waals surface area contributed by atoms with Crippen LogP contribution in [0.2, 0.25) is 0 Å². The molecule has 7 heteroatoms. The summed E-state index contributed by atoms with van der Waals surface area (Å²) >= 11 is 0. The van der Waals surface area contributed by atoms with Crippen molar-refractivity contribution >= 4 is 53.1 Å². The molecule has 0 fully saturated rings. The van der Waals surface area contributed by atoms with Gasteiger partial charge in [0.2, 0.25) is 0 Å². The van der Waals surface area contributed by atoms with Crippen LogP contribution in [0.3, 0.4) is 0 Å². The lowest BCUT2D eigenvalue weighted by molar-refractivity contribution is 0.0697. The van der Waals surface area contributed by atoms with Gasteiger partial charge in [0.25, 0.3) is 0 Å². The molecule has 0 radical (unpaired) electrons. The van der Waals surface area contributed by atoms with Crippen molar-refractivity contribution in [2.24, 2.45) is 4.99 Å². The first-order valence-corrected chi connectivity index (χ1v) is 6.87. The number of aromatic hydroxyl groups is 1. The first-order valence-electron chi connectivity index (χ1n) is 6.87. The Kier molecular flexibility index (Phi) is 4.87. The first-order chi connectivity index (χ1) is 10.6. The highest BCUT2D eigenvalue weighted by atomic mass is 35.5. The van der Waals surface area contributed by atoms with Crippen LogP contribution in [0, 0.1) is 0 Å². The number of H-pyrrole nitrogens is 1. The second-order valence-corrected chi connectivity index (χ2v) is 5.28. The van der Waals surface area contributed by atoms with Gasteiger partial charge in [0.05, 0.1) is 22.5 Å². The van der Waals surface area contributed by atoms with Crippen LogP contribution in [-0.4, -0.2) is 26.9 Å². The number of carbonyl (C=O) groups is 1. The summed E-state index contributed by atoms with van der Waals surface area (Å²) in [5, 5.41) is 20.0. The molecule has 0 saturated carbocycles. The third-order valence-corrected chi connectivity index (χ3v) is 3.92. The highest BCUT2D eigenvalue weighted by molar-refractivity contribution is 6.17. The van der Waals surface area contributed by atoms with E-state index in [9.17, 15) is 9.90 Å². The molecule has 4 rings (SSSR count). The van der Waals surface area contributed by atoms with E-state index in [2.05, 4.69) is 9.98 Å². The Morgan fingerprint density at radius 1 is 1.12 bits per heavy atom. The first kappa shape index (κ1) is 17.8. The average molecular weight is 365 g/mol. The van der Waals surface area contributed by atoms with Crippen LogP contribution in [0.4, 0.5) is 5.69 Å². The van der Waals surface area contributed by atoms with Crippen molar-refractivity contribution in [3.63, 3.8) is 0 Å². The fraction of sp³-hybridized carbons (Fsp3) is 0.0588. The summed E-state index contributed by atoms with van der Waals surface area (Å²) in [6.45, 7) is 0. The molecule has 0 unspecified atom stereocenters. The van der Waals surface area contributed by atoms with Gasteiger partial charge >= 0.3 is 5.97 Å². The zero-order chi connectivity index (χ0) is 15.3. The van der Waals surface area contributed by atoms with Crippen molar-refractivity contribution < 1.29 is 15.0 Å². The Hall–Kier alpha value is -2.50. The summed E-state index contributed by atoms with van der Waals surface area (Å²) < 4.78 is 0. The number of nitrogens with one attached hydrogen (secondary N) is 1. The summed E-state index contributed by atoms with van der Waals surface area (Å²) in [5.74, 6) is -0.978. The van der Waals surface area contributed by atoms with Crippen molar-refractivity contribution in [1.82, 2.24) is 4.98 Å². The van der Waals surface area contributed by atoms with E-state index >= 15 is 0 Å². The zero-order valence-corrected chi connectivity index (χ0v) is 13.9. The lowest BCUT2D eigenvalue weighted by Crippen LogP contribution is -2.01. The maximum Gasteiger partial charge on any atom is 0.335 e. The molecule has 2 aromatic carbocycles. The molecule has 24 heavy (non-hydrogen) atoms. The van der Waals surface area contributed by atoms with E-state index in [1.807, 2.05) is 24.3 Å². The van der Waals surface area contributed by atoms with Crippen molar-refractivity contribution in [1.29, 1.82) is 0 Å². The Morgan fingerprint density at radius 3 is 2.58 bits per heavy atom. The predicted octanol–water partition coefficient (Wildman–Crippen LogP) is 4.09. The van der Waals surface area contributed by atoms with Crippen molar-refractivity contribution in [2.45, 2.75) is 6.42 Å². The predicted molar refractivity (Wildman–Crippen MR) is 97.8 cm³/mol. The van der Waals surface area contributed by atoms with Crippen LogP contribution >= 0.6 is 24.8 Å². The molecule has 2 heterocycles. The number of hydrogen-bond donors (Lipinski definition) is 3. The van der Waals surface area contributed by atoms with Gasteiger partial charge in [0.1, 0.15) is 0 Å². The third-order valence-electron chi connectivity index (χ3n) is 3.92. The lowest BCUT2D eigenvalue weighted by Gasteiger charge is -2.00. The van der Waals surface area contributed by atoms with Gasteiger partial charge in [-0.05, 0) is 29.8 Å². The monoisotopic (exact) mass is 364 g/mol. The average Bonchev–Trinajstić information content (AvgIpc) is 3.05. The van der Waals surface area contributed by atoms with E-state index in [0.717, 1.165) is 17.0 Å². The molecule has 5 nitrogen and oxygen atoms in total. The zero-order valence-electron chi connectivity index (χ0n) is 12.3. The molecule has 1 aliphatic rings. The number of aromatic amines is 1. The summed E-state index contributed by atoms with van der Waals surface area (Å²) in [7, 11) is 0. The van der Waals surface area contributed by atoms with E-state index in [-0.39, 0.29) is 36.3 Å². The Balaban J connectivity index is 0.00000104. The van der Waals surface area contributed by atoms with Crippen LogP contribution in [0.1, 0.15) is 21.5 Å². The van der Waals surface area contributed by atoms with Gasteiger partial charge < -0.3 is 15.2 Å². The standard InChI is InChI=1S/C17H12N2O3.2ClH/c20-16-15(14-8-9-3-1-2-4-12(9)18-14)11-7-10(17(21)22)5-6-13(11)19-16;;/h1-7,19-20H,8H2,(H,21,22);2*1H. The van der Waals surface area contributed by atoms with Crippen molar-refractivity contribution in [3.8, 4) is 5.88 Å². The number of carboxylic acids is 1. The fourth-order valence-electron chi connectivity index (χ4n) is 2.88. The maximum atomic E-state index is 11.2. The molecule has 0 saturated heterocycles. The fourth-order valence-corrected chi connectivity index (χ4v) is 2.88. The Morgan fingerprint density at radius 2 is 1.88 bits per heavy atom. The molecule has 3 N–H and O–H groups in total. The highest BCUT2D eigenvalue weighted by Gasteiger charge is 2.22. The topological polar surface area (TPSA) is 85.7 Å². The Bertz CT molecular complexity index is 964. The summed E-state index contributed by atoms with van der Waals surface area (Å²) in [5.41, 5.74) is 4.18. The number of rotatable bonds is 2. The molecule has 3 aromatic rings. The Labute approximate surface area is 149 Å². The summed E-state index contributed by atoms with van der Waals surface area (Å²) in [6, 6.07) is 12.5. The molecule has 1 aromatic heterocycles. The number of aromatic carboxylic acids is 1. The second kappa shape index (κ2) is 6.55. The molecule has 0 bridgehead atoms. The van der Waals surface area contributed by atoms with Gasteiger partial charge in [-0.2, -0.15) is 0 Å². The number of aromatic nitrogens is 1. The van der Waals surface area contributed by atoms with Gasteiger partial charge in [0, 0.05) is 17.3 Å². The van der Waals surface area contributed by atoms with Gasteiger partial charge in [0.15, 0.2) is 5.88 Å². The van der Waals surface area contributed by atoms with Crippen LogP contribution in [-0.2, 0) is 6.42 Å². The molecule has 0 spiro atoms. The summed E-state index contributed by atoms with van der Waals surface area (Å²) in [4.78, 5) is 18.6. The van der Waals surface area contributed by atoms with Crippen molar-refractivity contribution in [3.05, 3.63) is 59.2 Å². The number of para-hydroxylation sites is 1. The van der Waals surface area contributed by atoms with Gasteiger partial charge in [-0.15, -0.1) is 24.8 Å². The van der Waals surface area contributed by atoms with Crippen LogP contribution in [0.25, 0.3) is 10.9 Å². The quantitative estimate of drug-likeness (QED) is 0.639. The van der Waals surface area contributed by atoms with Gasteiger partial charge in [-0.1, -0.05) is 18.2 Å². The van der Waals surface area contributed by atoms with Crippen LogP contribution in [0.5, 0.6) is 5.88 Å². The lowest BCUT2D eigenvalue weighted by atomic mass is 10.0. The smallest absolute Gasteiger partial charge is 0.335 e. The molecule has 0 aliphatic carbocycles. The molecule has 0 atom stereocenters. The number of benzene rings is 2. The minimum absolute atomic E-state index is 0. The normalized spacial score (nSPS) is 12.1. The SMILES string of the molecule is Cl.Cl.O=C(O)c1ccc2[nH]c(O)c(C3=Nc4ccccc4C3)c2c1. The number of carboxylic acid groups (broad SMARTS) is 1. The molecular formula is C17H14Cl2N2O3. The van der Waals surface area contributed by atoms with E-state index in [4.69, 9.17) is 5.11 Å². The van der Waals surface area contributed by atoms with Gasteiger partial charge in [-0.25, -0.2) is 4.79 Å². The second-order valence-electron chi connectivity index (χ2n) is 5.28. The third kappa shape index (κ3) is 2.72. The molecule has 1 aliphatic heterocycles. The number of hydrogen-bond acceptors (Lipinski definition) is 3. The maximum absolute atomic E-state index is 11.2. The molecular weight excluding hydrogens is 351 g/mol. The highest BCUT2D eigenvalue weighted by Crippen LogP contribution is 2.35. The number of fused-ring (bicyclic) bond motifs is 2. The van der Waals surface area contributed by atoms with Crippen molar-refractivity contribution in [2.75, 3.05) is 0 Å². The number of nitrogens with zero attached hydrogens (tertiary/aromatic N) is 1. The minimum Gasteiger partial charge on any atom is -0.494 e. The van der Waals surface area contributed by atoms with Crippen LogP contribution < -0.4 is 0 Å². The van der Waals surface area contributed by atoms with E-state index in [1.54, 1.807) is 12.1 Å². The number of aliphatic imine (C=N–C) groups is 1. The minimum atomic E-state index is -0.995. The largest absolute Gasteiger partial charge is 0.494 e. The van der Waals surface area contributed by atoms with E-state index in [0.29, 0.717) is 22.9 Å². The van der Waals surface area contributed by atoms with E-state index in [1.165, 1.54) is 6.07 Å². The van der Waals surface area contributed by atoms with E-state index < -0.39 is 5.97 Å². The summed E-state index contributed by atoms with van der Waals surface area (Å²) in [6.07, 6.45) is 0.619. The molecule has 0 amide bonds. The molecule has 124 valence electrons. The number of halogens is 2. The van der Waals surface area contributed by atoms with Gasteiger partial charge in [-0.3, -0.25) is 4.99 Å².